The number of ether oxygens (including phenoxy) is 4. The zero-order valence-electron chi connectivity index (χ0n) is 22.6. The number of hydrogen-bond donors (Lipinski definition) is 0. The minimum Gasteiger partial charge on any atom is -0.379 e. The maximum Gasteiger partial charge on any atom is 0.329 e. The van der Waals surface area contributed by atoms with Crippen LogP contribution in [0.5, 0.6) is 0 Å². The molecule has 13 heteroatoms. The Bertz CT molecular complexity index is 1270. The van der Waals surface area contributed by atoms with Gasteiger partial charge >= 0.3 is 5.69 Å². The number of nitrogens with zero attached hydrogens (tertiary/aromatic N) is 2. The summed E-state index contributed by atoms with van der Waals surface area (Å²) in [5.74, 6) is -0.264. The Labute approximate surface area is 228 Å². The number of Topliss-reactive ketones (excluding diaryl/α,β-unsaturated/α-hetero) is 2. The summed E-state index contributed by atoms with van der Waals surface area (Å²) in [6.45, 7) is 3.12. The standard InChI is InChI=1S/C26H38N2O10S/c1-27-25-20(5-3-7-23(25)28(26(27)31)22-9-8-21(29)19-24(22)30)6-4-10-34-11-12-35-13-14-36-15-16-37-17-18-38-39(2,32)33/h3,5,7,22H,4,6,8-19H2,1-2H3. The number of rotatable bonds is 18. The number of para-hydroxylation sites is 1. The van der Waals surface area contributed by atoms with Gasteiger partial charge in [0.05, 0.1) is 82.6 Å². The van der Waals surface area contributed by atoms with E-state index in [-0.39, 0.29) is 36.9 Å². The highest BCUT2D eigenvalue weighted by Gasteiger charge is 2.31. The van der Waals surface area contributed by atoms with Gasteiger partial charge in [0, 0.05) is 20.1 Å². The topological polar surface area (TPSA) is 141 Å². The van der Waals surface area contributed by atoms with Gasteiger partial charge in [-0.2, -0.15) is 8.42 Å². The van der Waals surface area contributed by atoms with E-state index in [2.05, 4.69) is 4.18 Å². The van der Waals surface area contributed by atoms with Crippen LogP contribution in [0.4, 0.5) is 0 Å². The predicted octanol–water partition coefficient (Wildman–Crippen LogP) is 1.18. The lowest BCUT2D eigenvalue weighted by Crippen LogP contribution is -2.34. The SMILES string of the molecule is Cn1c(=O)n(C2CCC(=O)CC2=O)c2cccc(CCCOCCOCCOCCOCCOS(C)(=O)=O)c21. The summed E-state index contributed by atoms with van der Waals surface area (Å²) in [5, 5.41) is 0. The first kappa shape index (κ1) is 31.1. The highest BCUT2D eigenvalue weighted by atomic mass is 32.2. The van der Waals surface area contributed by atoms with Crippen molar-refractivity contribution in [3.8, 4) is 0 Å². The van der Waals surface area contributed by atoms with Gasteiger partial charge in [-0.05, 0) is 30.9 Å². The molecule has 218 valence electrons. The smallest absolute Gasteiger partial charge is 0.329 e. The average Bonchev–Trinajstić information content (AvgIpc) is 3.13. The molecule has 1 aromatic carbocycles. The van der Waals surface area contributed by atoms with E-state index in [4.69, 9.17) is 18.9 Å². The first-order chi connectivity index (χ1) is 18.7. The third-order valence-electron chi connectivity index (χ3n) is 6.31. The molecule has 3 rings (SSSR count). The molecule has 0 radical (unpaired) electrons. The Morgan fingerprint density at radius 2 is 1.46 bits per heavy atom. The van der Waals surface area contributed by atoms with Crippen molar-refractivity contribution in [3.05, 3.63) is 34.2 Å². The molecule has 1 unspecified atom stereocenters. The molecule has 39 heavy (non-hydrogen) atoms. The molecule has 12 nitrogen and oxygen atoms in total. The van der Waals surface area contributed by atoms with E-state index in [0.717, 1.165) is 29.3 Å². The Morgan fingerprint density at radius 3 is 2.05 bits per heavy atom. The van der Waals surface area contributed by atoms with Gasteiger partial charge in [-0.25, -0.2) is 4.79 Å². The lowest BCUT2D eigenvalue weighted by atomic mass is 9.92. The number of fused-ring (bicyclic) bond motifs is 1. The fraction of sp³-hybridized carbons (Fsp3) is 0.654. The van der Waals surface area contributed by atoms with Crippen molar-refractivity contribution >= 4 is 32.7 Å². The average molecular weight is 571 g/mol. The van der Waals surface area contributed by atoms with Gasteiger partial charge in [0.25, 0.3) is 10.1 Å². The predicted molar refractivity (Wildman–Crippen MR) is 142 cm³/mol. The Balaban J connectivity index is 1.30. The highest BCUT2D eigenvalue weighted by molar-refractivity contribution is 7.85. The van der Waals surface area contributed by atoms with Crippen molar-refractivity contribution in [1.82, 2.24) is 9.13 Å². The number of benzene rings is 1. The molecule has 0 N–H and O–H groups in total. The van der Waals surface area contributed by atoms with Crippen LogP contribution in [0.2, 0.25) is 0 Å². The van der Waals surface area contributed by atoms with E-state index < -0.39 is 16.2 Å². The van der Waals surface area contributed by atoms with Gasteiger partial charge < -0.3 is 18.9 Å². The fourth-order valence-electron chi connectivity index (χ4n) is 4.53. The van der Waals surface area contributed by atoms with Gasteiger partial charge in [-0.15, -0.1) is 0 Å². The van der Waals surface area contributed by atoms with E-state index in [1.54, 1.807) is 16.2 Å². The first-order valence-electron chi connectivity index (χ1n) is 13.1. The Hall–Kier alpha value is -2.42. The van der Waals surface area contributed by atoms with E-state index in [1.165, 1.54) is 0 Å². The van der Waals surface area contributed by atoms with Gasteiger partial charge in [-0.1, -0.05) is 12.1 Å². The van der Waals surface area contributed by atoms with E-state index in [1.807, 2.05) is 18.2 Å². The molecule has 1 fully saturated rings. The van der Waals surface area contributed by atoms with Crippen LogP contribution in [0.25, 0.3) is 11.0 Å². The van der Waals surface area contributed by atoms with Gasteiger partial charge in [-0.3, -0.25) is 22.9 Å². The number of aromatic nitrogens is 2. The highest BCUT2D eigenvalue weighted by Crippen LogP contribution is 2.27. The third kappa shape index (κ3) is 9.62. The van der Waals surface area contributed by atoms with Gasteiger partial charge in [0.15, 0.2) is 5.78 Å². The van der Waals surface area contributed by atoms with Crippen LogP contribution in [-0.4, -0.2) is 94.8 Å². The molecule has 1 aliphatic carbocycles. The summed E-state index contributed by atoms with van der Waals surface area (Å²) < 4.78 is 51.0. The van der Waals surface area contributed by atoms with Crippen molar-refractivity contribution in [2.24, 2.45) is 7.05 Å². The van der Waals surface area contributed by atoms with Gasteiger partial charge in [0.2, 0.25) is 0 Å². The summed E-state index contributed by atoms with van der Waals surface area (Å²) in [4.78, 5) is 37.2. The number of aryl methyl sites for hydroxylation is 2. The second-order valence-electron chi connectivity index (χ2n) is 9.31. The lowest BCUT2D eigenvalue weighted by molar-refractivity contribution is -0.132. The third-order valence-corrected chi connectivity index (χ3v) is 6.91. The van der Waals surface area contributed by atoms with Crippen molar-refractivity contribution in [3.63, 3.8) is 0 Å². The number of hydrogen-bond acceptors (Lipinski definition) is 10. The van der Waals surface area contributed by atoms with Crippen LogP contribution in [0.15, 0.2) is 23.0 Å². The van der Waals surface area contributed by atoms with E-state index in [0.29, 0.717) is 65.5 Å². The molecule has 0 bridgehead atoms. The monoisotopic (exact) mass is 570 g/mol. The van der Waals surface area contributed by atoms with Crippen LogP contribution in [0.3, 0.4) is 0 Å². The zero-order valence-corrected chi connectivity index (χ0v) is 23.4. The summed E-state index contributed by atoms with van der Waals surface area (Å²) in [6.07, 6.45) is 3.03. The molecular formula is C26H38N2O10S. The molecule has 2 aromatic rings. The first-order valence-corrected chi connectivity index (χ1v) is 14.9. The zero-order chi connectivity index (χ0) is 28.3. The van der Waals surface area contributed by atoms with Crippen LogP contribution >= 0.6 is 0 Å². The van der Waals surface area contributed by atoms with Crippen LogP contribution in [0.1, 0.15) is 37.3 Å². The molecule has 1 saturated carbocycles. The van der Waals surface area contributed by atoms with E-state index in [9.17, 15) is 22.8 Å². The van der Waals surface area contributed by atoms with Crippen molar-refractivity contribution < 1.29 is 41.1 Å². The molecular weight excluding hydrogens is 532 g/mol. The van der Waals surface area contributed by atoms with Crippen molar-refractivity contribution in [1.29, 1.82) is 0 Å². The molecule has 1 atom stereocenters. The van der Waals surface area contributed by atoms with Gasteiger partial charge in [0.1, 0.15) is 5.78 Å². The van der Waals surface area contributed by atoms with Crippen LogP contribution in [0, 0.1) is 0 Å². The molecule has 0 spiro atoms. The summed E-state index contributed by atoms with van der Waals surface area (Å²) in [7, 11) is -1.73. The second-order valence-corrected chi connectivity index (χ2v) is 11.0. The molecule has 0 saturated heterocycles. The number of carbonyl (C=O) groups excluding carboxylic acids is 2. The van der Waals surface area contributed by atoms with Crippen LogP contribution < -0.4 is 5.69 Å². The summed E-state index contributed by atoms with van der Waals surface area (Å²) in [6, 6.07) is 5.13. The van der Waals surface area contributed by atoms with Crippen molar-refractivity contribution in [2.45, 2.75) is 38.1 Å². The van der Waals surface area contributed by atoms with Crippen molar-refractivity contribution in [2.75, 3.05) is 65.7 Å². The summed E-state index contributed by atoms with van der Waals surface area (Å²) >= 11 is 0. The minimum atomic E-state index is -3.44. The van der Waals surface area contributed by atoms with E-state index >= 15 is 0 Å². The number of carbonyl (C=O) groups is 2. The molecule has 1 aliphatic rings. The number of imidazole rings is 1. The maximum atomic E-state index is 13.0. The Kier molecular flexibility index (Phi) is 12.3. The summed E-state index contributed by atoms with van der Waals surface area (Å²) in [5.41, 5.74) is 2.29. The fourth-order valence-corrected chi connectivity index (χ4v) is 4.90. The largest absolute Gasteiger partial charge is 0.379 e. The lowest BCUT2D eigenvalue weighted by Gasteiger charge is -2.21. The molecule has 1 aromatic heterocycles. The molecule has 0 amide bonds. The molecule has 0 aliphatic heterocycles. The number of ketones is 2. The minimum absolute atomic E-state index is 0.0164. The maximum absolute atomic E-state index is 13.0. The van der Waals surface area contributed by atoms with Crippen LogP contribution in [-0.2, 0) is 56.3 Å². The second kappa shape index (κ2) is 15.4. The quantitative estimate of drug-likeness (QED) is 0.146. The molecule has 1 heterocycles. The Morgan fingerprint density at radius 1 is 0.872 bits per heavy atom. The normalized spacial score (nSPS) is 16.4.